The van der Waals surface area contributed by atoms with Gasteiger partial charge >= 0.3 is 0 Å². The Balaban J connectivity index is 1.59. The predicted molar refractivity (Wildman–Crippen MR) is 77.2 cm³/mol. The van der Waals surface area contributed by atoms with Gasteiger partial charge in [-0.25, -0.2) is 4.98 Å². The van der Waals surface area contributed by atoms with Gasteiger partial charge in [0, 0.05) is 54.2 Å². The lowest BCUT2D eigenvalue weighted by Gasteiger charge is -2.04. The van der Waals surface area contributed by atoms with E-state index in [1.54, 1.807) is 6.20 Å². The van der Waals surface area contributed by atoms with Crippen LogP contribution in [-0.2, 0) is 13.1 Å². The molecule has 0 saturated carbocycles. The molecule has 0 aliphatic carbocycles. The molecule has 0 atom stereocenters. The van der Waals surface area contributed by atoms with Crippen LogP contribution in [0.1, 0.15) is 5.56 Å². The van der Waals surface area contributed by atoms with Crippen LogP contribution >= 0.6 is 11.6 Å². The van der Waals surface area contributed by atoms with E-state index in [1.165, 1.54) is 10.9 Å². The number of aromatic nitrogens is 3. The van der Waals surface area contributed by atoms with E-state index < -0.39 is 0 Å². The van der Waals surface area contributed by atoms with E-state index in [2.05, 4.69) is 25.9 Å². The normalized spacial score (nSPS) is 11.2. The van der Waals surface area contributed by atoms with Crippen molar-refractivity contribution in [3.63, 3.8) is 0 Å². The minimum atomic E-state index is 0.758. The number of fused-ring (bicyclic) bond motifs is 1. The first-order valence-corrected chi connectivity index (χ1v) is 6.63. The fourth-order valence-electron chi connectivity index (χ4n) is 2.15. The predicted octanol–water partition coefficient (Wildman–Crippen LogP) is 2.81. The first-order valence-electron chi connectivity index (χ1n) is 6.25. The van der Waals surface area contributed by atoms with Crippen LogP contribution in [0.15, 0.2) is 43.1 Å². The highest BCUT2D eigenvalue weighted by molar-refractivity contribution is 6.31. The molecule has 0 spiro atoms. The molecule has 0 aliphatic heterocycles. The van der Waals surface area contributed by atoms with Gasteiger partial charge in [0.2, 0.25) is 0 Å². The molecular weight excluding hydrogens is 260 g/mol. The van der Waals surface area contributed by atoms with Crippen LogP contribution in [0.4, 0.5) is 0 Å². The van der Waals surface area contributed by atoms with E-state index in [9.17, 15) is 0 Å². The number of hydrogen-bond acceptors (Lipinski definition) is 2. The monoisotopic (exact) mass is 274 g/mol. The number of halogens is 1. The first kappa shape index (κ1) is 12.3. The minimum Gasteiger partial charge on any atom is -0.361 e. The number of nitrogens with one attached hydrogen (secondary N) is 2. The molecule has 3 rings (SSSR count). The molecule has 0 radical (unpaired) electrons. The molecule has 19 heavy (non-hydrogen) atoms. The number of nitrogens with zero attached hydrogens (tertiary/aromatic N) is 2. The molecule has 0 unspecified atom stereocenters. The van der Waals surface area contributed by atoms with Gasteiger partial charge in [-0.05, 0) is 17.7 Å². The third kappa shape index (κ3) is 2.80. The van der Waals surface area contributed by atoms with Gasteiger partial charge in [-0.2, -0.15) is 0 Å². The summed E-state index contributed by atoms with van der Waals surface area (Å²) in [4.78, 5) is 7.26. The van der Waals surface area contributed by atoms with Gasteiger partial charge in [0.05, 0.1) is 6.33 Å². The van der Waals surface area contributed by atoms with Gasteiger partial charge in [0.15, 0.2) is 0 Å². The average molecular weight is 275 g/mol. The fraction of sp³-hybridized carbons (Fsp3) is 0.214. The Labute approximate surface area is 116 Å². The van der Waals surface area contributed by atoms with Crippen molar-refractivity contribution in [3.8, 4) is 0 Å². The zero-order valence-corrected chi connectivity index (χ0v) is 11.2. The zero-order valence-electron chi connectivity index (χ0n) is 10.4. The second-order valence-electron chi connectivity index (χ2n) is 4.48. The highest BCUT2D eigenvalue weighted by Crippen LogP contribution is 2.21. The Morgan fingerprint density at radius 1 is 1.37 bits per heavy atom. The summed E-state index contributed by atoms with van der Waals surface area (Å²) in [6.45, 7) is 2.68. The van der Waals surface area contributed by atoms with E-state index in [0.717, 1.165) is 30.2 Å². The number of aromatic amines is 1. The summed E-state index contributed by atoms with van der Waals surface area (Å²) in [6, 6.07) is 5.93. The molecule has 2 N–H and O–H groups in total. The molecular formula is C14H15ClN4. The SMILES string of the molecule is Clc1ccc2c(CNCCn3ccnc3)c[nH]c2c1. The van der Waals surface area contributed by atoms with Crippen LogP contribution in [0.25, 0.3) is 10.9 Å². The highest BCUT2D eigenvalue weighted by atomic mass is 35.5. The van der Waals surface area contributed by atoms with Gasteiger partial charge in [0.1, 0.15) is 0 Å². The van der Waals surface area contributed by atoms with E-state index in [4.69, 9.17) is 11.6 Å². The maximum absolute atomic E-state index is 5.97. The van der Waals surface area contributed by atoms with Crippen molar-refractivity contribution < 1.29 is 0 Å². The van der Waals surface area contributed by atoms with Crippen LogP contribution < -0.4 is 5.32 Å². The van der Waals surface area contributed by atoms with E-state index in [0.29, 0.717) is 0 Å². The number of benzene rings is 1. The lowest BCUT2D eigenvalue weighted by Crippen LogP contribution is -2.18. The van der Waals surface area contributed by atoms with Gasteiger partial charge in [-0.15, -0.1) is 0 Å². The maximum atomic E-state index is 5.97. The van der Waals surface area contributed by atoms with E-state index in [1.807, 2.05) is 30.9 Å². The highest BCUT2D eigenvalue weighted by Gasteiger charge is 2.03. The van der Waals surface area contributed by atoms with Crippen molar-refractivity contribution in [2.24, 2.45) is 0 Å². The summed E-state index contributed by atoms with van der Waals surface area (Å²) < 4.78 is 2.06. The molecule has 2 aromatic heterocycles. The maximum Gasteiger partial charge on any atom is 0.0946 e. The summed E-state index contributed by atoms with van der Waals surface area (Å²) >= 11 is 5.97. The Morgan fingerprint density at radius 2 is 2.32 bits per heavy atom. The van der Waals surface area contributed by atoms with Crippen LogP contribution in [0.3, 0.4) is 0 Å². The summed E-state index contributed by atoms with van der Waals surface area (Å²) in [7, 11) is 0. The van der Waals surface area contributed by atoms with Crippen molar-refractivity contribution in [1.29, 1.82) is 0 Å². The number of imidazole rings is 1. The Morgan fingerprint density at radius 3 is 3.16 bits per heavy atom. The number of hydrogen-bond donors (Lipinski definition) is 2. The lowest BCUT2D eigenvalue weighted by molar-refractivity contribution is 0.598. The van der Waals surface area contributed by atoms with Crippen LogP contribution in [0, 0.1) is 0 Å². The zero-order chi connectivity index (χ0) is 13.1. The summed E-state index contributed by atoms with van der Waals surface area (Å²) in [5.41, 5.74) is 2.34. The Bertz CT molecular complexity index is 657. The summed E-state index contributed by atoms with van der Waals surface area (Å²) in [5.74, 6) is 0. The largest absolute Gasteiger partial charge is 0.361 e. The fourth-order valence-corrected chi connectivity index (χ4v) is 2.33. The van der Waals surface area contributed by atoms with E-state index in [-0.39, 0.29) is 0 Å². The molecule has 2 heterocycles. The van der Waals surface area contributed by atoms with Crippen molar-refractivity contribution in [2.75, 3.05) is 6.54 Å². The first-order chi connectivity index (χ1) is 9.33. The van der Waals surface area contributed by atoms with Crippen molar-refractivity contribution in [3.05, 3.63) is 53.7 Å². The topological polar surface area (TPSA) is 45.6 Å². The van der Waals surface area contributed by atoms with Gasteiger partial charge < -0.3 is 14.9 Å². The summed E-state index contributed by atoms with van der Waals surface area (Å²) in [5, 5.41) is 5.41. The molecule has 0 saturated heterocycles. The number of rotatable bonds is 5. The lowest BCUT2D eigenvalue weighted by atomic mass is 10.2. The third-order valence-corrected chi connectivity index (χ3v) is 3.39. The molecule has 5 heteroatoms. The molecule has 0 fully saturated rings. The third-order valence-electron chi connectivity index (χ3n) is 3.15. The molecule has 0 aliphatic rings. The van der Waals surface area contributed by atoms with E-state index >= 15 is 0 Å². The second-order valence-corrected chi connectivity index (χ2v) is 4.92. The molecule has 1 aromatic carbocycles. The van der Waals surface area contributed by atoms with Crippen molar-refractivity contribution in [1.82, 2.24) is 19.9 Å². The standard InChI is InChI=1S/C14H15ClN4/c15-12-1-2-13-11(9-18-14(13)7-12)8-16-3-5-19-6-4-17-10-19/h1-2,4,6-7,9-10,16,18H,3,5,8H2. The minimum absolute atomic E-state index is 0.758. The molecule has 4 nitrogen and oxygen atoms in total. The Kier molecular flexibility index (Phi) is 3.53. The van der Waals surface area contributed by atoms with Crippen LogP contribution in [0.5, 0.6) is 0 Å². The van der Waals surface area contributed by atoms with Crippen molar-refractivity contribution >= 4 is 22.5 Å². The van der Waals surface area contributed by atoms with Gasteiger partial charge in [-0.3, -0.25) is 0 Å². The average Bonchev–Trinajstić information content (AvgIpc) is 3.03. The van der Waals surface area contributed by atoms with Crippen molar-refractivity contribution in [2.45, 2.75) is 13.1 Å². The van der Waals surface area contributed by atoms with Gasteiger partial charge in [0.25, 0.3) is 0 Å². The summed E-state index contributed by atoms with van der Waals surface area (Å²) in [6.07, 6.45) is 7.62. The molecule has 0 amide bonds. The quantitative estimate of drug-likeness (QED) is 0.703. The number of H-pyrrole nitrogens is 1. The Hall–Kier alpha value is -1.78. The molecule has 3 aromatic rings. The molecule has 0 bridgehead atoms. The van der Waals surface area contributed by atoms with Crippen LogP contribution in [-0.4, -0.2) is 21.1 Å². The smallest absolute Gasteiger partial charge is 0.0946 e. The van der Waals surface area contributed by atoms with Crippen LogP contribution in [0.2, 0.25) is 5.02 Å². The molecule has 98 valence electrons. The second kappa shape index (κ2) is 5.47. The van der Waals surface area contributed by atoms with Gasteiger partial charge in [-0.1, -0.05) is 17.7 Å².